The van der Waals surface area contributed by atoms with Gasteiger partial charge < -0.3 is 4.98 Å². The summed E-state index contributed by atoms with van der Waals surface area (Å²) in [6, 6.07) is 8.05. The molecule has 0 bridgehead atoms. The molecule has 2 aromatic rings. The van der Waals surface area contributed by atoms with Gasteiger partial charge >= 0.3 is 0 Å². The fraction of sp³-hybridized carbons (Fsp3) is 0.308. The third-order valence-corrected chi connectivity index (χ3v) is 3.59. The summed E-state index contributed by atoms with van der Waals surface area (Å²) in [5.41, 5.74) is 1.68. The first kappa shape index (κ1) is 11.4. The molecule has 0 unspecified atom stereocenters. The number of ketones is 1. The van der Waals surface area contributed by atoms with Crippen LogP contribution in [-0.2, 0) is 10.2 Å². The highest BCUT2D eigenvalue weighted by molar-refractivity contribution is 9.09. The summed E-state index contributed by atoms with van der Waals surface area (Å²) in [4.78, 5) is 15.1. The van der Waals surface area contributed by atoms with Crippen LogP contribution in [0, 0.1) is 0 Å². The van der Waals surface area contributed by atoms with Gasteiger partial charge in [0.2, 0.25) is 0 Å². The van der Waals surface area contributed by atoms with Gasteiger partial charge in [0.05, 0.1) is 10.7 Å². The molecule has 0 aliphatic rings. The molecule has 0 saturated heterocycles. The van der Waals surface area contributed by atoms with E-state index in [9.17, 15) is 4.79 Å². The van der Waals surface area contributed by atoms with Crippen molar-refractivity contribution < 1.29 is 4.79 Å². The Morgan fingerprint density at radius 3 is 2.75 bits per heavy atom. The number of alkyl halides is 1. The highest BCUT2D eigenvalue weighted by atomic mass is 79.9. The maximum atomic E-state index is 11.9. The van der Waals surface area contributed by atoms with Gasteiger partial charge in [0, 0.05) is 17.1 Å². The van der Waals surface area contributed by atoms with Crippen molar-refractivity contribution >= 4 is 32.6 Å². The summed E-state index contributed by atoms with van der Waals surface area (Å²) in [6.07, 6.45) is 1.94. The predicted octanol–water partition coefficient (Wildman–Crippen LogP) is 3.41. The Balaban J connectivity index is 2.59. The summed E-state index contributed by atoms with van der Waals surface area (Å²) in [6.45, 7) is 3.93. The van der Waals surface area contributed by atoms with Crippen LogP contribution in [-0.4, -0.2) is 16.1 Å². The molecule has 3 heteroatoms. The number of H-pyrrole nitrogens is 1. The van der Waals surface area contributed by atoms with Gasteiger partial charge in [0.1, 0.15) is 0 Å². The highest BCUT2D eigenvalue weighted by Crippen LogP contribution is 2.31. The van der Waals surface area contributed by atoms with Crippen molar-refractivity contribution in [2.45, 2.75) is 19.3 Å². The van der Waals surface area contributed by atoms with Crippen LogP contribution >= 0.6 is 15.9 Å². The van der Waals surface area contributed by atoms with Crippen LogP contribution in [0.25, 0.3) is 10.9 Å². The van der Waals surface area contributed by atoms with Gasteiger partial charge in [0.15, 0.2) is 5.78 Å². The number of para-hydroxylation sites is 1. The topological polar surface area (TPSA) is 32.9 Å². The summed E-state index contributed by atoms with van der Waals surface area (Å²) in [5.74, 6) is 0.192. The maximum absolute atomic E-state index is 11.9. The van der Waals surface area contributed by atoms with Gasteiger partial charge in [0.25, 0.3) is 0 Å². The lowest BCUT2D eigenvalue weighted by atomic mass is 9.81. The molecule has 2 nitrogen and oxygen atoms in total. The van der Waals surface area contributed by atoms with E-state index in [0.717, 1.165) is 16.5 Å². The van der Waals surface area contributed by atoms with Crippen LogP contribution in [0.2, 0.25) is 0 Å². The van der Waals surface area contributed by atoms with Gasteiger partial charge in [-0.3, -0.25) is 4.79 Å². The maximum Gasteiger partial charge on any atom is 0.153 e. The van der Waals surface area contributed by atoms with Crippen LogP contribution in [0.4, 0.5) is 0 Å². The molecule has 84 valence electrons. The molecule has 0 fully saturated rings. The second kappa shape index (κ2) is 4.06. The molecule has 0 radical (unpaired) electrons. The zero-order valence-electron chi connectivity index (χ0n) is 9.38. The smallest absolute Gasteiger partial charge is 0.153 e. The average molecular weight is 280 g/mol. The van der Waals surface area contributed by atoms with Gasteiger partial charge in [-0.15, -0.1) is 0 Å². The van der Waals surface area contributed by atoms with Gasteiger partial charge in [-0.25, -0.2) is 0 Å². The molecule has 0 spiro atoms. The number of Topliss-reactive ketones (excluding diaryl/α,β-unsaturated/α-hetero) is 1. The zero-order chi connectivity index (χ0) is 11.8. The number of hydrogen-bond donors (Lipinski definition) is 1. The Kier molecular flexibility index (Phi) is 2.89. The molecule has 1 N–H and O–H groups in total. The second-order valence-corrected chi connectivity index (χ2v) is 4.99. The molecule has 1 aromatic carbocycles. The van der Waals surface area contributed by atoms with E-state index < -0.39 is 5.41 Å². The van der Waals surface area contributed by atoms with E-state index in [4.69, 9.17) is 0 Å². The number of rotatable bonds is 3. The van der Waals surface area contributed by atoms with Crippen LogP contribution < -0.4 is 0 Å². The van der Waals surface area contributed by atoms with E-state index in [1.54, 1.807) is 0 Å². The molecule has 16 heavy (non-hydrogen) atoms. The average Bonchev–Trinajstić information content (AvgIpc) is 2.72. The van der Waals surface area contributed by atoms with Crippen LogP contribution in [0.15, 0.2) is 30.5 Å². The van der Waals surface area contributed by atoms with E-state index in [0.29, 0.717) is 5.33 Å². The predicted molar refractivity (Wildman–Crippen MR) is 70.1 cm³/mol. The largest absolute Gasteiger partial charge is 0.361 e. The minimum absolute atomic E-state index is 0.192. The zero-order valence-corrected chi connectivity index (χ0v) is 11.0. The normalized spacial score (nSPS) is 11.9. The lowest BCUT2D eigenvalue weighted by Crippen LogP contribution is -2.29. The van der Waals surface area contributed by atoms with Crippen molar-refractivity contribution in [2.75, 3.05) is 5.33 Å². The molecule has 0 aliphatic carbocycles. The fourth-order valence-corrected chi connectivity index (χ4v) is 2.61. The number of carbonyl (C=O) groups is 1. The summed E-state index contributed by atoms with van der Waals surface area (Å²) in [5, 5.41) is 1.52. The van der Waals surface area contributed by atoms with Crippen molar-refractivity contribution in [1.82, 2.24) is 4.98 Å². The van der Waals surface area contributed by atoms with Gasteiger partial charge in [-0.05, 0) is 25.5 Å². The molecule has 1 aromatic heterocycles. The Bertz CT molecular complexity index is 527. The van der Waals surface area contributed by atoms with E-state index >= 15 is 0 Å². The number of fused-ring (bicyclic) bond motifs is 1. The minimum atomic E-state index is -0.455. The molecule has 2 rings (SSSR count). The third kappa shape index (κ3) is 1.69. The number of carbonyl (C=O) groups excluding carboxylic acids is 1. The van der Waals surface area contributed by atoms with Crippen LogP contribution in [0.5, 0.6) is 0 Å². The lowest BCUT2D eigenvalue weighted by molar-refractivity contribution is -0.120. The quantitative estimate of drug-likeness (QED) is 0.859. The number of nitrogens with one attached hydrogen (secondary N) is 1. The van der Waals surface area contributed by atoms with Crippen molar-refractivity contribution in [3.8, 4) is 0 Å². The summed E-state index contributed by atoms with van der Waals surface area (Å²) < 4.78 is 0. The Labute approximate surface area is 103 Å². The summed E-state index contributed by atoms with van der Waals surface area (Å²) in [7, 11) is 0. The van der Waals surface area contributed by atoms with E-state index in [2.05, 4.69) is 20.9 Å². The molecule has 0 amide bonds. The van der Waals surface area contributed by atoms with Crippen molar-refractivity contribution in [3.05, 3.63) is 36.0 Å². The Morgan fingerprint density at radius 1 is 1.38 bits per heavy atom. The van der Waals surface area contributed by atoms with E-state index in [-0.39, 0.29) is 5.78 Å². The molecular weight excluding hydrogens is 266 g/mol. The fourth-order valence-electron chi connectivity index (χ4n) is 1.91. The van der Waals surface area contributed by atoms with E-state index in [1.165, 1.54) is 0 Å². The van der Waals surface area contributed by atoms with Crippen LogP contribution in [0.1, 0.15) is 19.4 Å². The molecule has 0 aliphatic heterocycles. The Morgan fingerprint density at radius 2 is 2.06 bits per heavy atom. The lowest BCUT2D eigenvalue weighted by Gasteiger charge is -2.21. The molecule has 0 atom stereocenters. The third-order valence-electron chi connectivity index (χ3n) is 3.08. The Hall–Kier alpha value is -1.09. The van der Waals surface area contributed by atoms with Gasteiger partial charge in [-0.2, -0.15) is 0 Å². The number of hydrogen-bond acceptors (Lipinski definition) is 1. The first-order valence-electron chi connectivity index (χ1n) is 5.23. The minimum Gasteiger partial charge on any atom is -0.361 e. The molecule has 1 heterocycles. The summed E-state index contributed by atoms with van der Waals surface area (Å²) >= 11 is 3.24. The van der Waals surface area contributed by atoms with Crippen molar-refractivity contribution in [1.29, 1.82) is 0 Å². The molecular formula is C13H14BrNO. The van der Waals surface area contributed by atoms with Crippen LogP contribution in [0.3, 0.4) is 0 Å². The number of benzene rings is 1. The number of aromatic nitrogens is 1. The first-order chi connectivity index (χ1) is 7.57. The number of halogens is 1. The first-order valence-corrected chi connectivity index (χ1v) is 6.35. The monoisotopic (exact) mass is 279 g/mol. The van der Waals surface area contributed by atoms with Crippen molar-refractivity contribution in [3.63, 3.8) is 0 Å². The SMILES string of the molecule is CC(C)(C(=O)CBr)c1c[nH]c2ccccc12. The standard InChI is InChI=1S/C13H14BrNO/c1-13(2,12(16)7-14)10-8-15-11-6-4-3-5-9(10)11/h3-6,8,15H,7H2,1-2H3. The molecule has 0 saturated carbocycles. The second-order valence-electron chi connectivity index (χ2n) is 4.43. The highest BCUT2D eigenvalue weighted by Gasteiger charge is 2.30. The van der Waals surface area contributed by atoms with Crippen molar-refractivity contribution in [2.24, 2.45) is 0 Å². The van der Waals surface area contributed by atoms with E-state index in [1.807, 2.05) is 44.3 Å². The van der Waals surface area contributed by atoms with Gasteiger partial charge in [-0.1, -0.05) is 34.1 Å². The number of aromatic amines is 1.